The van der Waals surface area contributed by atoms with Crippen LogP contribution in [-0.4, -0.2) is 152 Å². The van der Waals surface area contributed by atoms with E-state index in [1.807, 2.05) is 6.07 Å². The highest BCUT2D eigenvalue weighted by molar-refractivity contribution is 6.67. The predicted molar refractivity (Wildman–Crippen MR) is 274 cm³/mol. The minimum absolute atomic E-state index is 0.00994. The van der Waals surface area contributed by atoms with Crippen LogP contribution in [-0.2, 0) is 72.4 Å². The number of cyclic esters (lactones) is 1. The molecule has 0 radical (unpaired) electrons. The van der Waals surface area contributed by atoms with Gasteiger partial charge < -0.3 is 39.4 Å². The molecule has 2 N–H and O–H groups in total. The molecule has 3 aromatic rings. The molecule has 3 saturated heterocycles. The molecule has 1 unspecified atom stereocenters. The summed E-state index contributed by atoms with van der Waals surface area (Å²) in [4.78, 5) is 127. The number of carbonyl (C=O) groups is 8. The van der Waals surface area contributed by atoms with Crippen molar-refractivity contribution >= 4 is 82.5 Å². The molecule has 23 heteroatoms. The fourth-order valence-corrected chi connectivity index (χ4v) is 9.05. The zero-order valence-electron chi connectivity index (χ0n) is 42.6. The number of hydrogen-bond acceptors (Lipinski definition) is 13. The van der Waals surface area contributed by atoms with E-state index in [9.17, 15) is 28.8 Å². The molecule has 0 aliphatic carbocycles. The van der Waals surface area contributed by atoms with E-state index in [1.54, 1.807) is 98.8 Å². The van der Waals surface area contributed by atoms with Crippen molar-refractivity contribution in [2.24, 2.45) is 5.92 Å². The van der Waals surface area contributed by atoms with Crippen LogP contribution in [0, 0.1) is 5.92 Å². The van der Waals surface area contributed by atoms with E-state index in [4.69, 9.17) is 58.6 Å². The van der Waals surface area contributed by atoms with Gasteiger partial charge in [-0.15, -0.1) is 0 Å². The fraction of sp³-hybridized carbons (Fsp3) is 0.500. The number of rotatable bonds is 12. The topological polar surface area (TPSA) is 223 Å². The van der Waals surface area contributed by atoms with Crippen molar-refractivity contribution in [2.75, 3.05) is 26.7 Å². The number of halogens is 3. The molecule has 8 atom stereocenters. The van der Waals surface area contributed by atoms with Crippen LogP contribution in [0.2, 0.25) is 0 Å². The lowest BCUT2D eigenvalue weighted by molar-refractivity contribution is -0.219. The minimum atomic E-state index is -2.12. The highest BCUT2D eigenvalue weighted by Crippen LogP contribution is 2.30. The average Bonchev–Trinajstić information content (AvgIpc) is 3.91. The molecule has 0 saturated carbocycles. The van der Waals surface area contributed by atoms with Gasteiger partial charge in [0.05, 0.1) is 12.7 Å². The molecule has 3 fully saturated rings. The van der Waals surface area contributed by atoms with Crippen LogP contribution in [0.5, 0.6) is 0 Å². The predicted octanol–water partition coefficient (Wildman–Crippen LogP) is 5.85. The van der Waals surface area contributed by atoms with Gasteiger partial charge in [-0.1, -0.05) is 140 Å². The number of esters is 1. The normalized spacial score (nSPS) is 24.1. The first-order chi connectivity index (χ1) is 35.7. The van der Waals surface area contributed by atoms with Gasteiger partial charge in [0.25, 0.3) is 11.8 Å². The van der Waals surface area contributed by atoms with Gasteiger partial charge in [-0.2, -0.15) is 0 Å². The van der Waals surface area contributed by atoms with Gasteiger partial charge in [0.15, 0.2) is 12.1 Å². The molecule has 0 bridgehead atoms. The maximum Gasteiger partial charge on any atom is 0.429 e. The summed E-state index contributed by atoms with van der Waals surface area (Å²) in [6.07, 6.45) is -4.66. The van der Waals surface area contributed by atoms with Crippen molar-refractivity contribution in [3.8, 4) is 0 Å². The number of hydrogen-bond donors (Lipinski definition) is 2. The number of hydrazine groups is 1. The second-order valence-corrected chi connectivity index (χ2v) is 21.4. The van der Waals surface area contributed by atoms with Gasteiger partial charge in [-0.25, -0.2) is 29.5 Å². The molecule has 3 aliphatic rings. The number of ether oxygens (including phenoxy) is 4. The standard InChI is InChI=1S/C52H64Cl3N7O13/c1-32(2)43-42(57-50(69)73-31-52(53,54)55)48(67)61-40(25-17-27-60(61)51(70)72-29-37-20-12-8-13-21-37)47(66)62(74-30-38-22-14-9-15-23-38)34(4)45(64)58(6)33(3)46(65)59-26-16-24-39(59)44(63)56-41(49(68)75-43)35(5)71-28-36-18-10-7-11-19-36/h7-15,18-23,32-35,39-43H,16-17,24-31H2,1-6H3,(H,56,63)(H,57,69)/t33-,34+,35+,39+,40-,41?,42+,43+/m1/s1. The van der Waals surface area contributed by atoms with Gasteiger partial charge in [-0.3, -0.25) is 28.8 Å². The molecule has 75 heavy (non-hydrogen) atoms. The van der Waals surface area contributed by atoms with E-state index in [2.05, 4.69) is 10.6 Å². The molecule has 0 spiro atoms. The average molecular weight is 1100 g/mol. The van der Waals surface area contributed by atoms with Crippen molar-refractivity contribution in [3.63, 3.8) is 0 Å². The number of likely N-dealkylation sites (N-methyl/N-ethyl adjacent to an activating group) is 1. The third-order valence-electron chi connectivity index (χ3n) is 13.1. The highest BCUT2D eigenvalue weighted by atomic mass is 35.6. The van der Waals surface area contributed by atoms with Gasteiger partial charge in [0.2, 0.25) is 21.5 Å². The Morgan fingerprint density at radius 1 is 0.720 bits per heavy atom. The molecule has 0 aromatic heterocycles. The van der Waals surface area contributed by atoms with E-state index >= 15 is 9.59 Å². The van der Waals surface area contributed by atoms with E-state index in [0.29, 0.717) is 17.5 Å². The van der Waals surface area contributed by atoms with Crippen molar-refractivity contribution in [1.82, 2.24) is 35.5 Å². The number of alkyl carbamates (subject to hydrolysis) is 1. The zero-order valence-corrected chi connectivity index (χ0v) is 44.9. The van der Waals surface area contributed by atoms with Crippen LogP contribution in [0.15, 0.2) is 91.0 Å². The second-order valence-electron chi connectivity index (χ2n) is 18.9. The molecule has 3 heterocycles. The van der Waals surface area contributed by atoms with E-state index in [-0.39, 0.29) is 52.2 Å². The molecule has 3 aliphatic heterocycles. The number of alkyl halides is 3. The van der Waals surface area contributed by atoms with E-state index in [1.165, 1.54) is 32.7 Å². The van der Waals surface area contributed by atoms with Crippen LogP contribution in [0.3, 0.4) is 0 Å². The lowest BCUT2D eigenvalue weighted by atomic mass is 9.96. The molecular formula is C52H64Cl3N7O13. The number of benzene rings is 3. The quantitative estimate of drug-likeness (QED) is 0.124. The lowest BCUT2D eigenvalue weighted by Gasteiger charge is -2.46. The maximum absolute atomic E-state index is 15.8. The van der Waals surface area contributed by atoms with Gasteiger partial charge >= 0.3 is 18.2 Å². The molecule has 6 rings (SSSR count). The number of hydroxylamine groups is 2. The summed E-state index contributed by atoms with van der Waals surface area (Å²) >= 11 is 17.8. The monoisotopic (exact) mass is 1100 g/mol. The summed E-state index contributed by atoms with van der Waals surface area (Å²) in [5, 5.41) is 7.67. The minimum Gasteiger partial charge on any atom is -0.458 e. The first-order valence-corrected chi connectivity index (χ1v) is 25.8. The van der Waals surface area contributed by atoms with Crippen molar-refractivity contribution < 1.29 is 62.1 Å². The van der Waals surface area contributed by atoms with Crippen LogP contribution in [0.4, 0.5) is 9.59 Å². The summed E-state index contributed by atoms with van der Waals surface area (Å²) in [7, 11) is 1.37. The molecule has 3 aromatic carbocycles. The molecule has 20 nitrogen and oxygen atoms in total. The number of nitrogens with zero attached hydrogens (tertiary/aromatic N) is 5. The first-order valence-electron chi connectivity index (χ1n) is 24.7. The summed E-state index contributed by atoms with van der Waals surface area (Å²) in [5.74, 6) is -6.25. The molecule has 406 valence electrons. The highest BCUT2D eigenvalue weighted by Gasteiger charge is 2.50. The van der Waals surface area contributed by atoms with Gasteiger partial charge in [-0.05, 0) is 69.1 Å². The molecule has 7 amide bonds. The first kappa shape index (κ1) is 58.1. The Kier molecular flexibility index (Phi) is 20.5. The third-order valence-corrected chi connectivity index (χ3v) is 13.4. The van der Waals surface area contributed by atoms with E-state index < -0.39 is 112 Å². The Bertz CT molecular complexity index is 2470. The lowest BCUT2D eigenvalue weighted by Crippen LogP contribution is -2.68. The Balaban J connectivity index is 1.51. The smallest absolute Gasteiger partial charge is 0.429 e. The summed E-state index contributed by atoms with van der Waals surface area (Å²) in [5.41, 5.74) is 1.92. The fourth-order valence-electron chi connectivity index (χ4n) is 8.89. The van der Waals surface area contributed by atoms with Crippen LogP contribution in [0.1, 0.15) is 77.0 Å². The second kappa shape index (κ2) is 26.5. The van der Waals surface area contributed by atoms with Gasteiger partial charge in [0, 0.05) is 20.1 Å². The van der Waals surface area contributed by atoms with Crippen molar-refractivity contribution in [2.45, 2.75) is 132 Å². The summed E-state index contributed by atoms with van der Waals surface area (Å²) < 4.78 is 21.3. The van der Waals surface area contributed by atoms with Gasteiger partial charge in [0.1, 0.15) is 50.1 Å². The van der Waals surface area contributed by atoms with Crippen molar-refractivity contribution in [3.05, 3.63) is 108 Å². The Morgan fingerprint density at radius 2 is 1.28 bits per heavy atom. The van der Waals surface area contributed by atoms with Crippen LogP contribution in [0.25, 0.3) is 0 Å². The Hall–Kier alpha value is -6.19. The van der Waals surface area contributed by atoms with Crippen LogP contribution < -0.4 is 10.6 Å². The zero-order chi connectivity index (χ0) is 54.6. The number of amides is 7. The SMILES string of the molecule is CC(C)[C@@H]1OC(=O)C([C@H](C)OCc2ccccc2)NC(=O)[C@@H]2CCCN2C(=O)[C@@H](C)N(C)C(=O)[C@H](C)N(OCc2ccccc2)C(=O)[C@H]2CCCN(C(=O)OCc3ccccc3)N2C(=O)[C@H]1NC(=O)OCC(Cl)(Cl)Cl. The number of fused-ring (bicyclic) bond motifs is 2. The third kappa shape index (κ3) is 15.2. The van der Waals surface area contributed by atoms with E-state index in [0.717, 1.165) is 25.5 Å². The Morgan fingerprint density at radius 3 is 1.87 bits per heavy atom. The van der Waals surface area contributed by atoms with Crippen LogP contribution >= 0.6 is 34.8 Å². The largest absolute Gasteiger partial charge is 0.458 e. The Labute approximate surface area is 451 Å². The maximum atomic E-state index is 15.8. The number of nitrogens with one attached hydrogen (secondary N) is 2. The summed E-state index contributed by atoms with van der Waals surface area (Å²) in [6, 6.07) is 17.3. The van der Waals surface area contributed by atoms with Crippen molar-refractivity contribution in [1.29, 1.82) is 0 Å². The number of carbonyl (C=O) groups excluding carboxylic acids is 8. The summed E-state index contributed by atoms with van der Waals surface area (Å²) in [6.45, 7) is 6.14. The molecular weight excluding hydrogens is 1040 g/mol.